The first kappa shape index (κ1) is 26.1. The van der Waals surface area contributed by atoms with Crippen LogP contribution < -0.4 is 16.0 Å². The van der Waals surface area contributed by atoms with E-state index in [-0.39, 0.29) is 36.0 Å². The zero-order chi connectivity index (χ0) is 22.1. The van der Waals surface area contributed by atoms with Gasteiger partial charge in [-0.3, -0.25) is 4.79 Å². The minimum Gasteiger partial charge on any atom is -0.368 e. The van der Waals surface area contributed by atoms with E-state index in [9.17, 15) is 4.79 Å². The first-order valence-corrected chi connectivity index (χ1v) is 11.1. The summed E-state index contributed by atoms with van der Waals surface area (Å²) in [6.45, 7) is 9.13. The van der Waals surface area contributed by atoms with Crippen molar-refractivity contribution < 1.29 is 9.53 Å². The smallest absolute Gasteiger partial charge is 0.253 e. The number of ether oxygens (including phenoxy) is 1. The van der Waals surface area contributed by atoms with Crippen molar-refractivity contribution in [1.82, 2.24) is 10.6 Å². The first-order valence-electron chi connectivity index (χ1n) is 11.1. The van der Waals surface area contributed by atoms with Crippen LogP contribution in [0.3, 0.4) is 0 Å². The maximum atomic E-state index is 12.3. The van der Waals surface area contributed by atoms with Crippen LogP contribution in [0.5, 0.6) is 0 Å². The molecule has 2 aromatic rings. The van der Waals surface area contributed by atoms with Crippen LogP contribution in [-0.2, 0) is 22.5 Å². The summed E-state index contributed by atoms with van der Waals surface area (Å²) in [5.41, 5.74) is 5.73. The molecule has 6 nitrogen and oxygen atoms in total. The Morgan fingerprint density at radius 2 is 1.88 bits per heavy atom. The lowest BCUT2D eigenvalue weighted by atomic mass is 10.1. The maximum Gasteiger partial charge on any atom is 0.253 e. The van der Waals surface area contributed by atoms with Crippen LogP contribution in [0, 0.1) is 13.8 Å². The molecule has 3 N–H and O–H groups in total. The molecule has 7 heteroatoms. The molecular formula is C25H35IN4O2. The zero-order valence-electron chi connectivity index (χ0n) is 19.2. The Morgan fingerprint density at radius 3 is 2.56 bits per heavy atom. The topological polar surface area (TPSA) is 74.8 Å². The number of benzene rings is 2. The number of amides is 1. The highest BCUT2D eigenvalue weighted by molar-refractivity contribution is 14.0. The van der Waals surface area contributed by atoms with E-state index in [1.165, 1.54) is 16.7 Å². The van der Waals surface area contributed by atoms with E-state index in [2.05, 4.69) is 54.9 Å². The number of hydrogen-bond donors (Lipinski definition) is 3. The van der Waals surface area contributed by atoms with Gasteiger partial charge in [0.2, 0.25) is 0 Å². The summed E-state index contributed by atoms with van der Waals surface area (Å²) in [5, 5.41) is 9.67. The molecule has 1 fully saturated rings. The molecule has 0 aromatic heterocycles. The van der Waals surface area contributed by atoms with E-state index in [1.54, 1.807) is 0 Å². The van der Waals surface area contributed by atoms with Gasteiger partial charge in [0.25, 0.3) is 5.91 Å². The van der Waals surface area contributed by atoms with Crippen LogP contribution in [0.4, 0.5) is 5.69 Å². The fraction of sp³-hybridized carbons (Fsp3) is 0.440. The van der Waals surface area contributed by atoms with E-state index in [0.29, 0.717) is 13.2 Å². The Morgan fingerprint density at radius 1 is 1.09 bits per heavy atom. The van der Waals surface area contributed by atoms with E-state index >= 15 is 0 Å². The molecule has 1 atom stereocenters. The van der Waals surface area contributed by atoms with E-state index in [0.717, 1.165) is 49.6 Å². The SMILES string of the molecule is CCNC(=NCc1cccc(NC(=O)C2CCCO2)c1)NCCc1cc(C)cc(C)c1.I. The number of guanidine groups is 1. The third-order valence-electron chi connectivity index (χ3n) is 5.17. The molecule has 2 aromatic carbocycles. The second-order valence-electron chi connectivity index (χ2n) is 8.06. The number of carbonyl (C=O) groups is 1. The van der Waals surface area contributed by atoms with Crippen molar-refractivity contribution in [3.63, 3.8) is 0 Å². The van der Waals surface area contributed by atoms with E-state index < -0.39 is 0 Å². The van der Waals surface area contributed by atoms with Crippen LogP contribution in [-0.4, -0.2) is 37.7 Å². The fourth-order valence-corrected chi connectivity index (χ4v) is 3.81. The Balaban J connectivity index is 0.00000363. The summed E-state index contributed by atoms with van der Waals surface area (Å²) in [7, 11) is 0. The van der Waals surface area contributed by atoms with Gasteiger partial charge < -0.3 is 20.7 Å². The largest absolute Gasteiger partial charge is 0.368 e. The molecule has 1 heterocycles. The van der Waals surface area contributed by atoms with Crippen molar-refractivity contribution in [3.05, 3.63) is 64.7 Å². The van der Waals surface area contributed by atoms with Gasteiger partial charge in [-0.15, -0.1) is 24.0 Å². The molecule has 1 aliphatic heterocycles. The van der Waals surface area contributed by atoms with Crippen molar-refractivity contribution in [3.8, 4) is 0 Å². The van der Waals surface area contributed by atoms with Crippen molar-refractivity contribution in [1.29, 1.82) is 0 Å². The third kappa shape index (κ3) is 8.43. The molecule has 0 radical (unpaired) electrons. The number of halogens is 1. The molecule has 1 amide bonds. The molecule has 0 aliphatic carbocycles. The zero-order valence-corrected chi connectivity index (χ0v) is 21.6. The second-order valence-corrected chi connectivity index (χ2v) is 8.06. The number of nitrogens with one attached hydrogen (secondary N) is 3. The van der Waals surface area contributed by atoms with Crippen molar-refractivity contribution in [2.45, 2.75) is 52.7 Å². The van der Waals surface area contributed by atoms with Gasteiger partial charge in [0.05, 0.1) is 6.54 Å². The average molecular weight is 550 g/mol. The minimum absolute atomic E-state index is 0. The lowest BCUT2D eigenvalue weighted by molar-refractivity contribution is -0.124. The van der Waals surface area contributed by atoms with Crippen molar-refractivity contribution in [2.24, 2.45) is 4.99 Å². The normalized spacial score (nSPS) is 15.7. The molecule has 0 spiro atoms. The van der Waals surface area contributed by atoms with Gasteiger partial charge in [0.1, 0.15) is 6.10 Å². The molecule has 0 saturated carbocycles. The maximum absolute atomic E-state index is 12.3. The van der Waals surface area contributed by atoms with Gasteiger partial charge in [-0.2, -0.15) is 0 Å². The highest BCUT2D eigenvalue weighted by atomic mass is 127. The number of aryl methyl sites for hydroxylation is 2. The predicted octanol–water partition coefficient (Wildman–Crippen LogP) is 4.34. The van der Waals surface area contributed by atoms with Gasteiger partial charge in [-0.1, -0.05) is 41.5 Å². The van der Waals surface area contributed by atoms with E-state index in [1.807, 2.05) is 24.3 Å². The lowest BCUT2D eigenvalue weighted by Crippen LogP contribution is -2.38. The van der Waals surface area contributed by atoms with Crippen LogP contribution in [0.2, 0.25) is 0 Å². The quantitative estimate of drug-likeness (QED) is 0.260. The molecule has 174 valence electrons. The summed E-state index contributed by atoms with van der Waals surface area (Å²) in [6.07, 6.45) is 2.34. The number of hydrogen-bond acceptors (Lipinski definition) is 3. The number of rotatable bonds is 8. The first-order chi connectivity index (χ1) is 15.0. The van der Waals surface area contributed by atoms with Gasteiger partial charge >= 0.3 is 0 Å². The second kappa shape index (κ2) is 13.4. The molecule has 1 unspecified atom stereocenters. The summed E-state index contributed by atoms with van der Waals surface area (Å²) < 4.78 is 5.46. The summed E-state index contributed by atoms with van der Waals surface area (Å²) in [5.74, 6) is 0.722. The van der Waals surface area contributed by atoms with Gasteiger partial charge in [0.15, 0.2) is 5.96 Å². The van der Waals surface area contributed by atoms with Gasteiger partial charge in [0, 0.05) is 25.4 Å². The van der Waals surface area contributed by atoms with Gasteiger partial charge in [-0.25, -0.2) is 4.99 Å². The Kier molecular flexibility index (Phi) is 11.0. The highest BCUT2D eigenvalue weighted by Gasteiger charge is 2.23. The molecule has 32 heavy (non-hydrogen) atoms. The molecule has 1 aliphatic rings. The summed E-state index contributed by atoms with van der Waals surface area (Å²) >= 11 is 0. The molecule has 1 saturated heterocycles. The number of nitrogens with zero attached hydrogens (tertiary/aromatic N) is 1. The lowest BCUT2D eigenvalue weighted by Gasteiger charge is -2.13. The highest BCUT2D eigenvalue weighted by Crippen LogP contribution is 2.16. The summed E-state index contributed by atoms with van der Waals surface area (Å²) in [4.78, 5) is 17.0. The van der Waals surface area contributed by atoms with Crippen LogP contribution in [0.1, 0.15) is 42.0 Å². The van der Waals surface area contributed by atoms with E-state index in [4.69, 9.17) is 9.73 Å². The number of carbonyl (C=O) groups excluding carboxylic acids is 1. The Hall–Kier alpha value is -2.13. The monoisotopic (exact) mass is 550 g/mol. The fourth-order valence-electron chi connectivity index (χ4n) is 3.81. The third-order valence-corrected chi connectivity index (χ3v) is 5.17. The Bertz CT molecular complexity index is 890. The predicted molar refractivity (Wildman–Crippen MR) is 142 cm³/mol. The molecule has 0 bridgehead atoms. The van der Waals surface area contributed by atoms with Crippen LogP contribution >= 0.6 is 24.0 Å². The van der Waals surface area contributed by atoms with Crippen molar-refractivity contribution in [2.75, 3.05) is 25.0 Å². The van der Waals surface area contributed by atoms with Crippen LogP contribution in [0.15, 0.2) is 47.5 Å². The van der Waals surface area contributed by atoms with Crippen LogP contribution in [0.25, 0.3) is 0 Å². The number of aliphatic imine (C=N–C) groups is 1. The minimum atomic E-state index is -0.330. The average Bonchev–Trinajstić information content (AvgIpc) is 3.27. The van der Waals surface area contributed by atoms with Crippen molar-refractivity contribution >= 4 is 41.5 Å². The molecular weight excluding hydrogens is 515 g/mol. The number of anilines is 1. The standard InChI is InChI=1S/C25H34N4O2.HI/c1-4-26-25(27-11-10-20-14-18(2)13-19(3)15-20)28-17-21-7-5-8-22(16-21)29-24(30)23-9-6-12-31-23;/h5,7-8,13-16,23H,4,6,9-12,17H2,1-3H3,(H,29,30)(H2,26,27,28);1H. The molecule has 3 rings (SSSR count). The van der Waals surface area contributed by atoms with Gasteiger partial charge in [-0.05, 0) is 63.3 Å². The summed E-state index contributed by atoms with van der Waals surface area (Å²) in [6, 6.07) is 14.5. The Labute approximate surface area is 208 Å².